The first kappa shape index (κ1) is 11.8. The first-order chi connectivity index (χ1) is 7.36. The summed E-state index contributed by atoms with van der Waals surface area (Å²) in [6.45, 7) is 4.32. The van der Waals surface area contributed by atoms with E-state index in [1.807, 2.05) is 0 Å². The van der Waals surface area contributed by atoms with Crippen LogP contribution in [0.4, 0.5) is 0 Å². The quantitative estimate of drug-likeness (QED) is 0.671. The predicted molar refractivity (Wildman–Crippen MR) is 67.6 cm³/mol. The number of nitrogens with one attached hydrogen (secondary N) is 1. The Morgan fingerprint density at radius 2 is 2.20 bits per heavy atom. The van der Waals surface area contributed by atoms with Crippen LogP contribution in [0.1, 0.15) is 33.1 Å². The smallest absolute Gasteiger partial charge is 0.0481 e. The van der Waals surface area contributed by atoms with Crippen molar-refractivity contribution in [1.29, 1.82) is 0 Å². The largest absolute Gasteiger partial charge is 0.379 e. The minimum Gasteiger partial charge on any atom is -0.379 e. The summed E-state index contributed by atoms with van der Waals surface area (Å²) in [5.41, 5.74) is 1.24. The lowest BCUT2D eigenvalue weighted by atomic mass is 10.1. The minimum atomic E-state index is 0.453. The molecule has 1 unspecified atom stereocenters. The summed E-state index contributed by atoms with van der Waals surface area (Å²) in [6.07, 6.45) is 18.5. The highest BCUT2D eigenvalue weighted by molar-refractivity contribution is 5.22. The molecule has 1 aliphatic rings. The van der Waals surface area contributed by atoms with Gasteiger partial charge in [-0.05, 0) is 25.3 Å². The van der Waals surface area contributed by atoms with Crippen molar-refractivity contribution in [3.8, 4) is 0 Å². The van der Waals surface area contributed by atoms with Crippen molar-refractivity contribution in [2.75, 3.05) is 0 Å². The van der Waals surface area contributed by atoms with Crippen LogP contribution in [0, 0.1) is 0 Å². The summed E-state index contributed by atoms with van der Waals surface area (Å²) in [6, 6.07) is 0.453. The number of hydrogen-bond acceptors (Lipinski definition) is 1. The molecule has 0 saturated carbocycles. The summed E-state index contributed by atoms with van der Waals surface area (Å²) in [4.78, 5) is 0. The van der Waals surface area contributed by atoms with Gasteiger partial charge in [-0.3, -0.25) is 0 Å². The van der Waals surface area contributed by atoms with Crippen LogP contribution in [0.5, 0.6) is 0 Å². The van der Waals surface area contributed by atoms with E-state index < -0.39 is 0 Å². The average molecular weight is 203 g/mol. The SMILES string of the molecule is CC/C=C\C(=C/CC)NC1C=CC=CC1. The van der Waals surface area contributed by atoms with Gasteiger partial charge < -0.3 is 5.32 Å². The van der Waals surface area contributed by atoms with Gasteiger partial charge >= 0.3 is 0 Å². The molecule has 1 atom stereocenters. The zero-order chi connectivity index (χ0) is 10.9. The van der Waals surface area contributed by atoms with E-state index in [1.165, 1.54) is 5.70 Å². The molecule has 0 fully saturated rings. The van der Waals surface area contributed by atoms with E-state index in [2.05, 4.69) is 61.7 Å². The Kier molecular flexibility index (Phi) is 5.60. The predicted octanol–water partition coefficient (Wildman–Crippen LogP) is 3.72. The van der Waals surface area contributed by atoms with Crippen molar-refractivity contribution >= 4 is 0 Å². The standard InChI is InChI=1S/C14H21N/c1-3-5-10-13(9-4-2)15-14-11-7-6-8-12-14/h5-11,14-15H,3-4,12H2,1-2H3/b10-5-,13-9+. The Hall–Kier alpha value is -1.24. The third-order valence-corrected chi connectivity index (χ3v) is 2.29. The van der Waals surface area contributed by atoms with Crippen LogP contribution in [0.15, 0.2) is 48.2 Å². The third-order valence-electron chi connectivity index (χ3n) is 2.29. The highest BCUT2D eigenvalue weighted by Gasteiger charge is 2.04. The molecule has 0 spiro atoms. The highest BCUT2D eigenvalue weighted by Crippen LogP contribution is 2.06. The van der Waals surface area contributed by atoms with E-state index in [0.29, 0.717) is 6.04 Å². The van der Waals surface area contributed by atoms with Crippen LogP contribution >= 0.6 is 0 Å². The fourth-order valence-corrected chi connectivity index (χ4v) is 1.54. The van der Waals surface area contributed by atoms with Crippen molar-refractivity contribution in [3.63, 3.8) is 0 Å². The van der Waals surface area contributed by atoms with E-state index in [4.69, 9.17) is 0 Å². The van der Waals surface area contributed by atoms with Gasteiger partial charge in [0.15, 0.2) is 0 Å². The van der Waals surface area contributed by atoms with Gasteiger partial charge in [0.25, 0.3) is 0 Å². The second-order valence-electron chi connectivity index (χ2n) is 3.68. The summed E-state index contributed by atoms with van der Waals surface area (Å²) >= 11 is 0. The molecule has 15 heavy (non-hydrogen) atoms. The highest BCUT2D eigenvalue weighted by atomic mass is 14.9. The summed E-state index contributed by atoms with van der Waals surface area (Å²) in [5, 5.41) is 3.53. The zero-order valence-corrected chi connectivity index (χ0v) is 9.74. The second-order valence-corrected chi connectivity index (χ2v) is 3.68. The molecule has 1 heteroatoms. The van der Waals surface area contributed by atoms with E-state index in [9.17, 15) is 0 Å². The number of allylic oxidation sites excluding steroid dienone is 5. The van der Waals surface area contributed by atoms with Crippen LogP contribution < -0.4 is 5.32 Å². The Labute approximate surface area is 93.3 Å². The Bertz CT molecular complexity index is 282. The van der Waals surface area contributed by atoms with Gasteiger partial charge in [0.1, 0.15) is 0 Å². The lowest BCUT2D eigenvalue weighted by Gasteiger charge is -2.17. The Morgan fingerprint density at radius 1 is 1.33 bits per heavy atom. The maximum atomic E-state index is 3.53. The molecule has 1 nitrogen and oxygen atoms in total. The average Bonchev–Trinajstić information content (AvgIpc) is 2.28. The van der Waals surface area contributed by atoms with Crippen molar-refractivity contribution < 1.29 is 0 Å². The van der Waals surface area contributed by atoms with E-state index >= 15 is 0 Å². The maximum Gasteiger partial charge on any atom is 0.0481 e. The molecule has 0 bridgehead atoms. The van der Waals surface area contributed by atoms with Crippen LogP contribution in [0.2, 0.25) is 0 Å². The van der Waals surface area contributed by atoms with Crippen molar-refractivity contribution in [3.05, 3.63) is 48.2 Å². The molecule has 0 aromatic carbocycles. The lowest BCUT2D eigenvalue weighted by Crippen LogP contribution is -2.26. The van der Waals surface area contributed by atoms with Crippen molar-refractivity contribution in [1.82, 2.24) is 5.32 Å². The molecule has 0 amide bonds. The van der Waals surface area contributed by atoms with Gasteiger partial charge in [0, 0.05) is 11.7 Å². The molecule has 82 valence electrons. The molecule has 1 N–H and O–H groups in total. The van der Waals surface area contributed by atoms with Gasteiger partial charge in [-0.25, -0.2) is 0 Å². The Balaban J connectivity index is 2.51. The normalized spacial score (nSPS) is 21.2. The monoisotopic (exact) mass is 203 g/mol. The van der Waals surface area contributed by atoms with Crippen LogP contribution in [0.25, 0.3) is 0 Å². The zero-order valence-electron chi connectivity index (χ0n) is 9.74. The molecule has 1 rings (SSSR count). The van der Waals surface area contributed by atoms with E-state index in [-0.39, 0.29) is 0 Å². The first-order valence-corrected chi connectivity index (χ1v) is 5.83. The summed E-state index contributed by atoms with van der Waals surface area (Å²) in [5.74, 6) is 0. The molecule has 0 radical (unpaired) electrons. The van der Waals surface area contributed by atoms with Crippen molar-refractivity contribution in [2.24, 2.45) is 0 Å². The second kappa shape index (κ2) is 7.10. The fraction of sp³-hybridized carbons (Fsp3) is 0.429. The fourth-order valence-electron chi connectivity index (χ4n) is 1.54. The number of rotatable bonds is 5. The molecule has 0 saturated heterocycles. The topological polar surface area (TPSA) is 12.0 Å². The lowest BCUT2D eigenvalue weighted by molar-refractivity contribution is 0.681. The Morgan fingerprint density at radius 3 is 2.80 bits per heavy atom. The van der Waals surface area contributed by atoms with Crippen molar-refractivity contribution in [2.45, 2.75) is 39.2 Å². The molecule has 0 heterocycles. The van der Waals surface area contributed by atoms with Crippen LogP contribution in [0.3, 0.4) is 0 Å². The molecule has 1 aliphatic carbocycles. The number of hydrogen-bond donors (Lipinski definition) is 1. The van der Waals surface area contributed by atoms with Gasteiger partial charge in [-0.15, -0.1) is 0 Å². The van der Waals surface area contributed by atoms with Crippen LogP contribution in [-0.4, -0.2) is 6.04 Å². The summed E-state index contributed by atoms with van der Waals surface area (Å²) < 4.78 is 0. The summed E-state index contributed by atoms with van der Waals surface area (Å²) in [7, 11) is 0. The van der Waals surface area contributed by atoms with Gasteiger partial charge in [-0.2, -0.15) is 0 Å². The van der Waals surface area contributed by atoms with Gasteiger partial charge in [-0.1, -0.05) is 50.3 Å². The first-order valence-electron chi connectivity index (χ1n) is 5.83. The molecule has 0 aromatic rings. The molecular formula is C14H21N. The molecule has 0 aromatic heterocycles. The molecule has 0 aliphatic heterocycles. The maximum absolute atomic E-state index is 3.53. The minimum absolute atomic E-state index is 0.453. The third kappa shape index (κ3) is 4.68. The van der Waals surface area contributed by atoms with Gasteiger partial charge in [0.05, 0.1) is 0 Å². The van der Waals surface area contributed by atoms with Crippen LogP contribution in [-0.2, 0) is 0 Å². The van der Waals surface area contributed by atoms with E-state index in [1.54, 1.807) is 0 Å². The molecular weight excluding hydrogens is 182 g/mol. The van der Waals surface area contributed by atoms with Gasteiger partial charge in [0.2, 0.25) is 0 Å². The van der Waals surface area contributed by atoms with E-state index in [0.717, 1.165) is 19.3 Å².